The van der Waals surface area contributed by atoms with Crippen LogP contribution in [0.1, 0.15) is 80.2 Å². The van der Waals surface area contributed by atoms with Crippen LogP contribution in [0.3, 0.4) is 0 Å². The standard InChI is InChI=1S/C58H78N10O12S/c1-5-81(71,72)66-21-19-65(20-22-66)47-13-8-43(9-14-47)35-53-59-37-49(56(62-53)60-46-11-12-46)51(69)7-6-25-74-29-31-76-33-34-77-32-30-75-26-18-54(70)80-40-45-36-44(10-17-52(45)73-4)50-16-15-48-55(61-50)63-58(68-24-28-79-39-42(68)3)64-57(48)67-23-27-78-38-41(67)2/h8-10,13-17,36-37,41-42,46H,5-7,11-12,18-35,38-40H2,1-4H3,(H,59,60,62)/t41-,42-/m1/s1. The number of benzene rings is 2. The highest BCUT2D eigenvalue weighted by Crippen LogP contribution is 2.33. The van der Waals surface area contributed by atoms with Crippen molar-refractivity contribution in [2.45, 2.75) is 84.0 Å². The summed E-state index contributed by atoms with van der Waals surface area (Å²) in [4.78, 5) is 57.3. The molecule has 0 bridgehead atoms. The molecule has 0 spiro atoms. The molecule has 1 saturated carbocycles. The van der Waals surface area contributed by atoms with E-state index >= 15 is 0 Å². The number of carbonyl (C=O) groups is 2. The van der Waals surface area contributed by atoms with Crippen LogP contribution in [0.25, 0.3) is 22.3 Å². The lowest BCUT2D eigenvalue weighted by atomic mass is 10.1. The van der Waals surface area contributed by atoms with Crippen LogP contribution >= 0.6 is 0 Å². The molecular weight excluding hydrogens is 1060 g/mol. The average Bonchev–Trinajstić information content (AvgIpc) is 4.34. The highest BCUT2D eigenvalue weighted by molar-refractivity contribution is 7.89. The lowest BCUT2D eigenvalue weighted by Gasteiger charge is -2.37. The molecular formula is C58H78N10O12S. The van der Waals surface area contributed by atoms with E-state index < -0.39 is 16.0 Å². The van der Waals surface area contributed by atoms with Gasteiger partial charge in [-0.3, -0.25) is 9.59 Å². The predicted molar refractivity (Wildman–Crippen MR) is 307 cm³/mol. The highest BCUT2D eigenvalue weighted by atomic mass is 32.2. The van der Waals surface area contributed by atoms with Gasteiger partial charge in [0.1, 0.15) is 29.8 Å². The van der Waals surface area contributed by atoms with Crippen LogP contribution in [0.2, 0.25) is 0 Å². The number of Topliss-reactive ketones (excluding diaryl/α,β-unsaturated/α-hetero) is 1. The van der Waals surface area contributed by atoms with Gasteiger partial charge >= 0.3 is 5.97 Å². The van der Waals surface area contributed by atoms with Gasteiger partial charge in [0.05, 0.1) is 121 Å². The third-order valence-corrected chi connectivity index (χ3v) is 16.6. The van der Waals surface area contributed by atoms with Gasteiger partial charge in [-0.05, 0) is 88.1 Å². The zero-order valence-corrected chi connectivity index (χ0v) is 48.0. The number of ketones is 1. The van der Waals surface area contributed by atoms with Crippen molar-refractivity contribution in [2.24, 2.45) is 0 Å². The van der Waals surface area contributed by atoms with Crippen molar-refractivity contribution < 1.29 is 55.9 Å². The van der Waals surface area contributed by atoms with E-state index in [-0.39, 0.29) is 43.3 Å². The smallest absolute Gasteiger partial charge is 0.308 e. The molecule has 2 atom stereocenters. The molecule has 0 radical (unpaired) electrons. The van der Waals surface area contributed by atoms with Crippen LogP contribution in [-0.2, 0) is 61.0 Å². The Hall–Kier alpha value is -6.18. The first kappa shape index (κ1) is 59.4. The number of morpholine rings is 2. The maximum Gasteiger partial charge on any atom is 0.308 e. The van der Waals surface area contributed by atoms with Crippen molar-refractivity contribution in [3.05, 3.63) is 83.3 Å². The number of fused-ring (bicyclic) bond motifs is 1. The molecule has 4 aliphatic rings. The fraction of sp³-hybridized carbons (Fsp3) is 0.569. The molecule has 3 saturated heterocycles. The Labute approximate surface area is 475 Å². The van der Waals surface area contributed by atoms with E-state index in [1.165, 1.54) is 0 Å². The summed E-state index contributed by atoms with van der Waals surface area (Å²) in [5, 5.41) is 4.30. The number of ether oxygens (including phenoxy) is 8. The molecule has 6 heterocycles. The SMILES string of the molecule is CCS(=O)(=O)N1CCN(c2ccc(Cc3ncc(C(=O)CCCOCCOCCOCCOCCC(=O)OCc4cc(-c5ccc6c(N7CCOC[C@H]7C)nc(N7CCOC[C@H]7C)nc6n5)ccc4OC)c(NC4CC4)n3)cc2)CC1. The van der Waals surface area contributed by atoms with Crippen molar-refractivity contribution in [3.63, 3.8) is 0 Å². The molecule has 5 aromatic rings. The summed E-state index contributed by atoms with van der Waals surface area (Å²) in [6.45, 7) is 14.9. The second-order valence-electron chi connectivity index (χ2n) is 20.7. The van der Waals surface area contributed by atoms with E-state index in [1.54, 1.807) is 24.5 Å². The number of methoxy groups -OCH3 is 1. The van der Waals surface area contributed by atoms with E-state index in [4.69, 9.17) is 57.8 Å². The molecule has 3 aliphatic heterocycles. The lowest BCUT2D eigenvalue weighted by molar-refractivity contribution is -0.146. The van der Waals surface area contributed by atoms with Gasteiger partial charge in [-0.15, -0.1) is 0 Å². The van der Waals surface area contributed by atoms with E-state index in [0.29, 0.717) is 177 Å². The quantitative estimate of drug-likeness (QED) is 0.0328. The monoisotopic (exact) mass is 1140 g/mol. The topological polar surface area (TPSA) is 232 Å². The third-order valence-electron chi connectivity index (χ3n) is 14.7. The van der Waals surface area contributed by atoms with Gasteiger partial charge in [-0.1, -0.05) is 12.1 Å². The van der Waals surface area contributed by atoms with Crippen molar-refractivity contribution in [1.82, 2.24) is 29.2 Å². The van der Waals surface area contributed by atoms with Crippen LogP contribution < -0.4 is 24.8 Å². The first-order valence-electron chi connectivity index (χ1n) is 28.4. The molecule has 0 amide bonds. The molecule has 22 nitrogen and oxygen atoms in total. The predicted octanol–water partition coefficient (Wildman–Crippen LogP) is 5.74. The zero-order chi connectivity index (χ0) is 56.6. The maximum absolute atomic E-state index is 13.3. The molecule has 23 heteroatoms. The number of piperazine rings is 1. The van der Waals surface area contributed by atoms with Gasteiger partial charge in [0.15, 0.2) is 11.4 Å². The maximum atomic E-state index is 13.3. The van der Waals surface area contributed by atoms with E-state index in [1.807, 2.05) is 30.3 Å². The molecule has 438 valence electrons. The number of nitrogens with zero attached hydrogens (tertiary/aromatic N) is 9. The number of hydrogen-bond acceptors (Lipinski definition) is 21. The van der Waals surface area contributed by atoms with Gasteiger partial charge in [0.2, 0.25) is 16.0 Å². The van der Waals surface area contributed by atoms with Crippen LogP contribution in [0.15, 0.2) is 60.8 Å². The number of carbonyl (C=O) groups excluding carboxylic acids is 2. The Morgan fingerprint density at radius 2 is 1.42 bits per heavy atom. The highest BCUT2D eigenvalue weighted by Gasteiger charge is 2.30. The summed E-state index contributed by atoms with van der Waals surface area (Å²) in [7, 11) is -1.59. The van der Waals surface area contributed by atoms with E-state index in [2.05, 4.69) is 63.1 Å². The molecule has 2 aromatic carbocycles. The first-order valence-corrected chi connectivity index (χ1v) is 30.1. The Kier molecular flexibility index (Phi) is 21.4. The fourth-order valence-electron chi connectivity index (χ4n) is 9.88. The Balaban J connectivity index is 0.627. The normalized spacial score (nSPS) is 18.1. The summed E-state index contributed by atoms with van der Waals surface area (Å²) in [6, 6.07) is 18.5. The minimum atomic E-state index is -3.18. The number of nitrogens with one attached hydrogen (secondary N) is 1. The number of anilines is 4. The van der Waals surface area contributed by atoms with Crippen molar-refractivity contribution in [2.75, 3.05) is 151 Å². The molecule has 9 rings (SSSR count). The number of esters is 1. The molecule has 81 heavy (non-hydrogen) atoms. The molecule has 1 N–H and O–H groups in total. The molecule has 3 aromatic heterocycles. The largest absolute Gasteiger partial charge is 0.496 e. The number of aromatic nitrogens is 5. The van der Waals surface area contributed by atoms with E-state index in [0.717, 1.165) is 47.4 Å². The molecule has 1 aliphatic carbocycles. The minimum Gasteiger partial charge on any atom is -0.496 e. The summed E-state index contributed by atoms with van der Waals surface area (Å²) in [5.74, 6) is 2.96. The molecule has 4 fully saturated rings. The average molecular weight is 1140 g/mol. The van der Waals surface area contributed by atoms with Crippen LogP contribution in [0, 0.1) is 0 Å². The van der Waals surface area contributed by atoms with Crippen LogP contribution in [-0.4, -0.2) is 199 Å². The second-order valence-corrected chi connectivity index (χ2v) is 22.9. The van der Waals surface area contributed by atoms with Gasteiger partial charge < -0.3 is 57.9 Å². The Morgan fingerprint density at radius 1 is 0.741 bits per heavy atom. The second kappa shape index (κ2) is 29.2. The summed E-state index contributed by atoms with van der Waals surface area (Å²) >= 11 is 0. The van der Waals surface area contributed by atoms with Gasteiger partial charge in [-0.2, -0.15) is 14.3 Å². The first-order chi connectivity index (χ1) is 39.5. The fourth-order valence-corrected chi connectivity index (χ4v) is 11.0. The number of sulfonamides is 1. The van der Waals surface area contributed by atoms with E-state index in [9.17, 15) is 18.0 Å². The van der Waals surface area contributed by atoms with Crippen molar-refractivity contribution in [3.8, 4) is 17.0 Å². The van der Waals surface area contributed by atoms with Gasteiger partial charge in [-0.25, -0.2) is 23.4 Å². The molecule has 0 unspecified atom stereocenters. The minimum absolute atomic E-state index is 0.0153. The Morgan fingerprint density at radius 3 is 2.09 bits per heavy atom. The summed E-state index contributed by atoms with van der Waals surface area (Å²) in [5.41, 5.74) is 5.43. The summed E-state index contributed by atoms with van der Waals surface area (Å²) < 4.78 is 71.5. The lowest BCUT2D eigenvalue weighted by Crippen LogP contribution is -2.49. The number of pyridine rings is 1. The number of rotatable bonds is 30. The van der Waals surface area contributed by atoms with Crippen molar-refractivity contribution in [1.29, 1.82) is 0 Å². The number of hydrogen-bond donors (Lipinski definition) is 1. The Bertz CT molecular complexity index is 2980. The summed E-state index contributed by atoms with van der Waals surface area (Å²) in [6.07, 6.45) is 5.18. The van der Waals surface area contributed by atoms with Crippen molar-refractivity contribution >= 4 is 56.1 Å². The zero-order valence-electron chi connectivity index (χ0n) is 47.2. The van der Waals surface area contributed by atoms with Crippen LogP contribution in [0.4, 0.5) is 23.3 Å². The van der Waals surface area contributed by atoms with Crippen LogP contribution in [0.5, 0.6) is 5.75 Å². The third kappa shape index (κ3) is 16.5. The van der Waals surface area contributed by atoms with Gasteiger partial charge in [0, 0.05) is 87.8 Å². The van der Waals surface area contributed by atoms with Gasteiger partial charge in [0.25, 0.3) is 0 Å².